The third-order valence-electron chi connectivity index (χ3n) is 10.1. The number of ether oxygens (including phenoxy) is 1. The van der Waals surface area contributed by atoms with Crippen molar-refractivity contribution in [1.82, 2.24) is 10.2 Å². The van der Waals surface area contributed by atoms with E-state index in [-0.39, 0.29) is 56.7 Å². The minimum Gasteiger partial charge on any atom is -0.432 e. The molecule has 6 rings (SSSR count). The molecule has 14 heteroatoms. The van der Waals surface area contributed by atoms with Gasteiger partial charge in [0.05, 0.1) is 42.8 Å². The number of aliphatic hydroxyl groups excluding tert-OH is 1. The Morgan fingerprint density at radius 2 is 1.84 bits per heavy atom. The van der Waals surface area contributed by atoms with Crippen molar-refractivity contribution < 1.29 is 33.9 Å². The van der Waals surface area contributed by atoms with Crippen LogP contribution < -0.4 is 15.1 Å². The fourth-order valence-electron chi connectivity index (χ4n) is 7.94. The van der Waals surface area contributed by atoms with Crippen LogP contribution in [-0.4, -0.2) is 84.7 Å². The number of anilines is 2. The molecule has 3 aromatic rings. The van der Waals surface area contributed by atoms with Crippen molar-refractivity contribution in [3.63, 3.8) is 0 Å². The highest BCUT2D eigenvalue weighted by molar-refractivity contribution is 6.71. The lowest BCUT2D eigenvalue weighted by molar-refractivity contribution is -0.385. The summed E-state index contributed by atoms with van der Waals surface area (Å²) in [6.07, 6.45) is -1.03. The molecule has 0 aromatic heterocycles. The number of amides is 3. The predicted octanol–water partition coefficient (Wildman–Crippen LogP) is 3.29. The number of nitro groups is 1. The lowest BCUT2D eigenvalue weighted by Crippen LogP contribution is -2.48. The fourth-order valence-corrected chi connectivity index (χ4v) is 10.5. The van der Waals surface area contributed by atoms with E-state index >= 15 is 0 Å². The van der Waals surface area contributed by atoms with Gasteiger partial charge in [0.2, 0.25) is 11.8 Å². The number of fused-ring (bicyclic) bond motifs is 2. The van der Waals surface area contributed by atoms with Crippen molar-refractivity contribution in [2.45, 2.75) is 56.8 Å². The first kappa shape index (κ1) is 35.4. The summed E-state index contributed by atoms with van der Waals surface area (Å²) in [5, 5.41) is 24.9. The Bertz CT molecular complexity index is 1790. The van der Waals surface area contributed by atoms with Crippen molar-refractivity contribution in [3.05, 3.63) is 99.6 Å². The topological polar surface area (TPSA) is 166 Å². The Morgan fingerprint density at radius 1 is 1.10 bits per heavy atom. The molecule has 50 heavy (non-hydrogen) atoms. The number of carbonyl (C=O) groups is 3. The number of piperazine rings is 1. The summed E-state index contributed by atoms with van der Waals surface area (Å²) < 4.78 is 6.78. The first-order valence-electron chi connectivity index (χ1n) is 16.9. The zero-order valence-corrected chi connectivity index (χ0v) is 29.4. The maximum Gasteiger partial charge on any atom is 0.269 e. The van der Waals surface area contributed by atoms with Gasteiger partial charge in [0, 0.05) is 61.0 Å². The molecule has 2 fully saturated rings. The van der Waals surface area contributed by atoms with Crippen LogP contribution in [0.15, 0.2) is 72.8 Å². The predicted molar refractivity (Wildman–Crippen MR) is 189 cm³/mol. The van der Waals surface area contributed by atoms with Crippen LogP contribution in [-0.2, 0) is 37.8 Å². The van der Waals surface area contributed by atoms with Crippen LogP contribution in [0.3, 0.4) is 0 Å². The van der Waals surface area contributed by atoms with E-state index in [0.717, 1.165) is 11.1 Å². The fraction of sp³-hybridized carbons (Fsp3) is 0.417. The summed E-state index contributed by atoms with van der Waals surface area (Å²) in [4.78, 5) is 69.3. The van der Waals surface area contributed by atoms with E-state index in [0.29, 0.717) is 30.0 Å². The Hall–Kier alpha value is -4.47. The number of nitrogens with zero attached hydrogens (tertiary/aromatic N) is 4. The molecule has 2 saturated heterocycles. The van der Waals surface area contributed by atoms with Gasteiger partial charge >= 0.3 is 0 Å². The highest BCUT2D eigenvalue weighted by Gasteiger charge is 2.66. The van der Waals surface area contributed by atoms with Crippen molar-refractivity contribution in [1.29, 1.82) is 0 Å². The molecule has 1 spiro atoms. The molecule has 3 aliphatic rings. The second-order valence-electron chi connectivity index (χ2n) is 13.8. The first-order chi connectivity index (χ1) is 23.8. The average molecular weight is 702 g/mol. The zero-order chi connectivity index (χ0) is 35.8. The van der Waals surface area contributed by atoms with Gasteiger partial charge in [-0.2, -0.15) is 0 Å². The van der Waals surface area contributed by atoms with Crippen LogP contribution in [0.4, 0.5) is 17.1 Å². The third kappa shape index (κ3) is 6.56. The lowest BCUT2D eigenvalue weighted by Gasteiger charge is -2.32. The largest absolute Gasteiger partial charge is 0.432 e. The summed E-state index contributed by atoms with van der Waals surface area (Å²) in [5.74, 6) is -1.44. The van der Waals surface area contributed by atoms with Crippen LogP contribution in [0.5, 0.6) is 0 Å². The Morgan fingerprint density at radius 3 is 2.52 bits per heavy atom. The van der Waals surface area contributed by atoms with Crippen LogP contribution in [0.1, 0.15) is 30.0 Å². The minimum absolute atomic E-state index is 0.0563. The van der Waals surface area contributed by atoms with E-state index in [4.69, 9.17) is 4.74 Å². The Kier molecular flexibility index (Phi) is 9.92. The van der Waals surface area contributed by atoms with Gasteiger partial charge in [-0.05, 0) is 42.4 Å². The second-order valence-corrected chi connectivity index (χ2v) is 17.8. The highest BCUT2D eigenvalue weighted by atomic mass is 28.4. The molecule has 0 aliphatic carbocycles. The number of hydrogen-bond donors (Lipinski definition) is 3. The number of non-ortho nitro benzene ring substituents is 1. The third-order valence-corrected chi connectivity index (χ3v) is 12.6. The molecule has 264 valence electrons. The summed E-state index contributed by atoms with van der Waals surface area (Å²) in [6.45, 7) is 6.92. The van der Waals surface area contributed by atoms with Crippen molar-refractivity contribution in [2.24, 2.45) is 5.92 Å². The number of hydrogen-bond acceptors (Lipinski definition) is 9. The van der Waals surface area contributed by atoms with E-state index < -0.39 is 42.3 Å². The van der Waals surface area contributed by atoms with Gasteiger partial charge < -0.3 is 34.7 Å². The molecule has 0 radical (unpaired) electrons. The van der Waals surface area contributed by atoms with Gasteiger partial charge in [-0.3, -0.25) is 24.5 Å². The number of carbonyl (C=O) groups excluding carboxylic acids is 3. The zero-order valence-electron chi connectivity index (χ0n) is 28.4. The summed E-state index contributed by atoms with van der Waals surface area (Å²) in [5.41, 5.74) is 0.621. The van der Waals surface area contributed by atoms with Crippen LogP contribution in [0.2, 0.25) is 18.6 Å². The van der Waals surface area contributed by atoms with Gasteiger partial charge in [-0.25, -0.2) is 0 Å². The molecule has 3 heterocycles. The molecule has 3 N–H and O–H groups in total. The number of nitro benzene ring substituents is 1. The van der Waals surface area contributed by atoms with E-state index in [9.17, 15) is 34.4 Å². The molecule has 0 saturated carbocycles. The van der Waals surface area contributed by atoms with Crippen molar-refractivity contribution >= 4 is 43.1 Å². The van der Waals surface area contributed by atoms with E-state index in [1.54, 1.807) is 29.0 Å². The number of rotatable bonds is 11. The second kappa shape index (κ2) is 14.0. The van der Waals surface area contributed by atoms with E-state index in [2.05, 4.69) is 5.32 Å². The minimum atomic E-state index is -3.15. The van der Waals surface area contributed by atoms with Crippen LogP contribution in [0.25, 0.3) is 0 Å². The van der Waals surface area contributed by atoms with E-state index in [1.807, 2.05) is 61.5 Å². The number of benzene rings is 3. The molecule has 3 amide bonds. The summed E-state index contributed by atoms with van der Waals surface area (Å²) >= 11 is 0. The summed E-state index contributed by atoms with van der Waals surface area (Å²) in [6, 6.07) is 21.1. The lowest BCUT2D eigenvalue weighted by atomic mass is 9.82. The Balaban J connectivity index is 1.36. The summed E-state index contributed by atoms with van der Waals surface area (Å²) in [7, 11) is -3.15. The molecule has 0 unspecified atom stereocenters. The molecule has 0 bridgehead atoms. The van der Waals surface area contributed by atoms with Gasteiger partial charge in [0.25, 0.3) is 11.6 Å². The number of aliphatic hydroxyl groups is 1. The molecule has 3 aliphatic heterocycles. The van der Waals surface area contributed by atoms with Crippen LogP contribution in [0, 0.1) is 16.0 Å². The van der Waals surface area contributed by atoms with Gasteiger partial charge in [0.1, 0.15) is 0 Å². The molecular weight excluding hydrogens is 659 g/mol. The maximum absolute atomic E-state index is 14.9. The first-order valence-corrected chi connectivity index (χ1v) is 19.9. The number of nitrogens with one attached hydrogen (secondary N) is 1. The standard InChI is InChI=1S/C36H43N5O8Si/c1-24-34(50(2,3)48)31(20-32(43)38(16-17-42)22-25-8-5-4-6-9-25)49-36(24)29-19-28(41(46)47)12-13-30(29)40(35(36)45)23-26-10-7-11-27(18-26)39-15-14-37-21-33(39)44/h4-13,18-19,24,31,34,37,42,48H,14-17,20-23H2,1-3H3/t24-,31+,34-,36+/m1/s1. The van der Waals surface area contributed by atoms with E-state index in [1.165, 1.54) is 17.0 Å². The monoisotopic (exact) mass is 701 g/mol. The van der Waals surface area contributed by atoms with Gasteiger partial charge in [0.15, 0.2) is 13.9 Å². The molecule has 4 atom stereocenters. The maximum atomic E-state index is 14.9. The highest BCUT2D eigenvalue weighted by Crippen LogP contribution is 2.60. The molecule has 3 aromatic carbocycles. The SMILES string of the molecule is C[C@@H]1[C@@H]([Si](C)(C)O)[C@H](CC(=O)N(CCO)Cc2ccccc2)O[C@@]12C(=O)N(Cc1cccc(N3CCNCC3=O)c1)c1ccc([N+](=O)[O-])cc12. The quantitative estimate of drug-likeness (QED) is 0.155. The molecular formula is C36H43N5O8Si. The smallest absolute Gasteiger partial charge is 0.269 e. The van der Waals surface area contributed by atoms with Gasteiger partial charge in [-0.15, -0.1) is 0 Å². The van der Waals surface area contributed by atoms with Crippen molar-refractivity contribution in [3.8, 4) is 0 Å². The average Bonchev–Trinajstić information content (AvgIpc) is 3.51. The van der Waals surface area contributed by atoms with Crippen molar-refractivity contribution in [2.75, 3.05) is 42.6 Å². The normalized spacial score (nSPS) is 23.4. The molecule has 13 nitrogen and oxygen atoms in total. The van der Waals surface area contributed by atoms with Crippen LogP contribution >= 0.6 is 0 Å². The Labute approximate surface area is 291 Å². The van der Waals surface area contributed by atoms with Gasteiger partial charge in [-0.1, -0.05) is 49.4 Å².